The van der Waals surface area contributed by atoms with Crippen LogP contribution in [0.1, 0.15) is 12.8 Å². The predicted octanol–water partition coefficient (Wildman–Crippen LogP) is 0.582. The van der Waals surface area contributed by atoms with Gasteiger partial charge >= 0.3 is 0 Å². The van der Waals surface area contributed by atoms with E-state index in [1.165, 1.54) is 6.20 Å². The molecule has 0 aromatic carbocycles. The molecule has 1 aromatic heterocycles. The number of aromatic amines is 1. The highest BCUT2D eigenvalue weighted by atomic mass is 79.9. The van der Waals surface area contributed by atoms with Gasteiger partial charge in [-0.05, 0) is 34.8 Å². The Morgan fingerprint density at radius 3 is 3.06 bits per heavy atom. The maximum atomic E-state index is 11.9. The fourth-order valence-electron chi connectivity index (χ4n) is 1.84. The first-order valence-corrected chi connectivity index (χ1v) is 6.44. The van der Waals surface area contributed by atoms with Gasteiger partial charge in [0.2, 0.25) is 0 Å². The summed E-state index contributed by atoms with van der Waals surface area (Å²) in [6.07, 6.45) is 2.30. The van der Waals surface area contributed by atoms with Gasteiger partial charge in [-0.25, -0.2) is 0 Å². The van der Waals surface area contributed by atoms with Crippen molar-refractivity contribution in [2.24, 2.45) is 5.73 Å². The van der Waals surface area contributed by atoms with Crippen LogP contribution in [0.4, 0.5) is 5.69 Å². The Hall–Kier alpha value is -1.18. The second kappa shape index (κ2) is 5.64. The number of rotatable bonds is 3. The van der Waals surface area contributed by atoms with E-state index in [0.717, 1.165) is 6.42 Å². The minimum Gasteiger partial charge on any atom is -0.364 e. The molecule has 4 N–H and O–H groups in total. The number of carbonyl (C=O) groups excluding carboxylic acids is 1. The van der Waals surface area contributed by atoms with Gasteiger partial charge in [-0.15, -0.1) is 0 Å². The summed E-state index contributed by atoms with van der Waals surface area (Å²) in [6, 6.07) is 1.55. The first kappa shape index (κ1) is 13.3. The van der Waals surface area contributed by atoms with Crippen molar-refractivity contribution in [2.75, 3.05) is 11.9 Å². The van der Waals surface area contributed by atoms with Crippen molar-refractivity contribution < 1.29 is 9.53 Å². The lowest BCUT2D eigenvalue weighted by Crippen LogP contribution is -2.31. The van der Waals surface area contributed by atoms with Crippen LogP contribution in [0.25, 0.3) is 0 Å². The molecule has 1 aliphatic rings. The zero-order valence-corrected chi connectivity index (χ0v) is 11.2. The molecular weight excluding hydrogens is 302 g/mol. The molecule has 2 atom stereocenters. The Morgan fingerprint density at radius 2 is 2.39 bits per heavy atom. The van der Waals surface area contributed by atoms with Gasteiger partial charge in [0.25, 0.3) is 11.5 Å². The van der Waals surface area contributed by atoms with Crippen molar-refractivity contribution in [3.05, 3.63) is 27.1 Å². The molecule has 1 saturated heterocycles. The SMILES string of the molecule is NC[C@H]1CC[C@@H](C(=O)Nc2cc(Br)c[nH]c2=O)O1. The summed E-state index contributed by atoms with van der Waals surface area (Å²) in [5.74, 6) is -0.311. The van der Waals surface area contributed by atoms with Gasteiger partial charge in [-0.1, -0.05) is 0 Å². The normalized spacial score (nSPS) is 23.0. The number of H-pyrrole nitrogens is 1. The summed E-state index contributed by atoms with van der Waals surface area (Å²) < 4.78 is 6.14. The molecule has 0 saturated carbocycles. The van der Waals surface area contributed by atoms with E-state index in [1.54, 1.807) is 6.07 Å². The Bertz CT molecular complexity index is 503. The van der Waals surface area contributed by atoms with Gasteiger partial charge in [-0.3, -0.25) is 9.59 Å². The maximum Gasteiger partial charge on any atom is 0.271 e. The number of halogens is 1. The highest BCUT2D eigenvalue weighted by molar-refractivity contribution is 9.10. The molecule has 1 fully saturated rings. The first-order valence-electron chi connectivity index (χ1n) is 5.65. The molecule has 7 heteroatoms. The van der Waals surface area contributed by atoms with Crippen molar-refractivity contribution in [1.29, 1.82) is 0 Å². The van der Waals surface area contributed by atoms with Gasteiger partial charge < -0.3 is 20.8 Å². The van der Waals surface area contributed by atoms with Crippen LogP contribution < -0.4 is 16.6 Å². The van der Waals surface area contributed by atoms with Gasteiger partial charge in [0.15, 0.2) is 0 Å². The molecule has 0 unspecified atom stereocenters. The number of hydrogen-bond donors (Lipinski definition) is 3. The molecule has 18 heavy (non-hydrogen) atoms. The summed E-state index contributed by atoms with van der Waals surface area (Å²) in [6.45, 7) is 0.404. The minimum absolute atomic E-state index is 0.0680. The minimum atomic E-state index is -0.531. The molecule has 0 bridgehead atoms. The fraction of sp³-hybridized carbons (Fsp3) is 0.455. The lowest BCUT2D eigenvalue weighted by Gasteiger charge is -2.12. The summed E-state index contributed by atoms with van der Waals surface area (Å²) in [5.41, 5.74) is 5.33. The van der Waals surface area contributed by atoms with Gasteiger partial charge in [0.05, 0.1) is 6.10 Å². The average Bonchev–Trinajstić information content (AvgIpc) is 2.82. The van der Waals surface area contributed by atoms with E-state index in [1.807, 2.05) is 0 Å². The number of carbonyl (C=O) groups is 1. The number of anilines is 1. The molecule has 1 aromatic rings. The molecule has 2 rings (SSSR count). The number of ether oxygens (including phenoxy) is 1. The lowest BCUT2D eigenvalue weighted by atomic mass is 10.2. The van der Waals surface area contributed by atoms with Gasteiger partial charge in [0, 0.05) is 17.2 Å². The first-order chi connectivity index (χ1) is 8.60. The van der Waals surface area contributed by atoms with Crippen LogP contribution in [-0.2, 0) is 9.53 Å². The van der Waals surface area contributed by atoms with Crippen molar-refractivity contribution in [3.8, 4) is 0 Å². The van der Waals surface area contributed by atoms with Gasteiger partial charge in [0.1, 0.15) is 11.8 Å². The second-order valence-electron chi connectivity index (χ2n) is 4.11. The third-order valence-corrected chi connectivity index (χ3v) is 3.25. The quantitative estimate of drug-likeness (QED) is 0.760. The molecule has 6 nitrogen and oxygen atoms in total. The van der Waals surface area contributed by atoms with E-state index in [9.17, 15) is 9.59 Å². The molecule has 1 amide bonds. The fourth-order valence-corrected chi connectivity index (χ4v) is 2.18. The van der Waals surface area contributed by atoms with Crippen LogP contribution in [0.15, 0.2) is 21.5 Å². The van der Waals surface area contributed by atoms with Crippen LogP contribution in [0.2, 0.25) is 0 Å². The predicted molar refractivity (Wildman–Crippen MR) is 70.3 cm³/mol. The molecule has 2 heterocycles. The van der Waals surface area contributed by atoms with E-state index in [0.29, 0.717) is 17.4 Å². The van der Waals surface area contributed by atoms with E-state index < -0.39 is 6.10 Å². The Morgan fingerprint density at radius 1 is 1.61 bits per heavy atom. The Balaban J connectivity index is 2.03. The van der Waals surface area contributed by atoms with Crippen LogP contribution in [0.5, 0.6) is 0 Å². The lowest BCUT2D eigenvalue weighted by molar-refractivity contribution is -0.126. The molecule has 0 aliphatic carbocycles. The monoisotopic (exact) mass is 315 g/mol. The van der Waals surface area contributed by atoms with E-state index in [-0.39, 0.29) is 23.3 Å². The smallest absolute Gasteiger partial charge is 0.271 e. The molecule has 1 aliphatic heterocycles. The maximum absolute atomic E-state index is 11.9. The standard InChI is InChI=1S/C11H14BrN3O3/c12-6-3-8(10(16)14-5-6)15-11(17)9-2-1-7(4-13)18-9/h3,5,7,9H,1-2,4,13H2,(H,14,16)(H,15,17)/t7-,9+/m1/s1. The van der Waals surface area contributed by atoms with Crippen molar-refractivity contribution in [2.45, 2.75) is 25.0 Å². The number of nitrogens with two attached hydrogens (primary N) is 1. The summed E-state index contributed by atoms with van der Waals surface area (Å²) in [4.78, 5) is 25.9. The Labute approximate surface area is 112 Å². The molecule has 0 radical (unpaired) electrons. The van der Waals surface area contributed by atoms with E-state index in [2.05, 4.69) is 26.2 Å². The number of pyridine rings is 1. The highest BCUT2D eigenvalue weighted by Gasteiger charge is 2.30. The van der Waals surface area contributed by atoms with E-state index in [4.69, 9.17) is 10.5 Å². The summed E-state index contributed by atoms with van der Waals surface area (Å²) >= 11 is 3.22. The molecular formula is C11H14BrN3O3. The highest BCUT2D eigenvalue weighted by Crippen LogP contribution is 2.20. The van der Waals surface area contributed by atoms with Crippen LogP contribution in [0.3, 0.4) is 0 Å². The molecule has 98 valence electrons. The third kappa shape index (κ3) is 2.98. The number of hydrogen-bond acceptors (Lipinski definition) is 4. The summed E-state index contributed by atoms with van der Waals surface area (Å²) in [5, 5.41) is 2.56. The second-order valence-corrected chi connectivity index (χ2v) is 5.03. The van der Waals surface area contributed by atoms with Crippen molar-refractivity contribution in [1.82, 2.24) is 4.98 Å². The number of aromatic nitrogens is 1. The van der Waals surface area contributed by atoms with Crippen LogP contribution in [0, 0.1) is 0 Å². The third-order valence-electron chi connectivity index (χ3n) is 2.79. The zero-order chi connectivity index (χ0) is 13.1. The van der Waals surface area contributed by atoms with Crippen molar-refractivity contribution >= 4 is 27.5 Å². The molecule has 0 spiro atoms. The average molecular weight is 316 g/mol. The van der Waals surface area contributed by atoms with Crippen LogP contribution in [-0.4, -0.2) is 29.6 Å². The van der Waals surface area contributed by atoms with Crippen LogP contribution >= 0.6 is 15.9 Å². The van der Waals surface area contributed by atoms with Crippen molar-refractivity contribution in [3.63, 3.8) is 0 Å². The largest absolute Gasteiger partial charge is 0.364 e. The summed E-state index contributed by atoms with van der Waals surface area (Å²) in [7, 11) is 0. The van der Waals surface area contributed by atoms with Gasteiger partial charge in [-0.2, -0.15) is 0 Å². The topological polar surface area (TPSA) is 97.2 Å². The number of nitrogens with one attached hydrogen (secondary N) is 2. The zero-order valence-electron chi connectivity index (χ0n) is 9.61. The Kier molecular flexibility index (Phi) is 4.15. The van der Waals surface area contributed by atoms with E-state index >= 15 is 0 Å². The number of amides is 1.